The Hall–Kier alpha value is -1.31. The Labute approximate surface area is 216 Å². The molecule has 0 heterocycles. The molecule has 206 valence electrons. The van der Waals surface area contributed by atoms with E-state index >= 15 is 0 Å². The molecule has 36 heavy (non-hydrogen) atoms. The topological polar surface area (TPSA) is 121 Å². The van der Waals surface area contributed by atoms with Crippen molar-refractivity contribution in [2.24, 2.45) is 46.3 Å². The second kappa shape index (κ2) is 11.2. The van der Waals surface area contributed by atoms with Gasteiger partial charge in [-0.25, -0.2) is 0 Å². The number of carbonyl (C=O) groups is 3. The summed E-state index contributed by atoms with van der Waals surface area (Å²) in [6.45, 7) is 9.35. The minimum atomic E-state index is -0.380. The smallest absolute Gasteiger partial charge is 0.305 e. The Bertz CT molecular complexity index is 814. The number of hydrogen-bond acceptors (Lipinski definition) is 7. The summed E-state index contributed by atoms with van der Waals surface area (Å²) in [5.74, 6) is 1.05. The largest absolute Gasteiger partial charge is 0.469 e. The first kappa shape index (κ1) is 29.2. The van der Waals surface area contributed by atoms with E-state index in [1.54, 1.807) is 0 Å². The van der Waals surface area contributed by atoms with Crippen LogP contribution >= 0.6 is 0 Å². The fraction of sp³-hybridized carbons (Fsp3) is 0.897. The number of aliphatic hydroxyl groups is 3. The van der Waals surface area contributed by atoms with Gasteiger partial charge >= 0.3 is 5.97 Å². The van der Waals surface area contributed by atoms with Gasteiger partial charge < -0.3 is 20.1 Å². The lowest BCUT2D eigenvalue weighted by atomic mass is 9.43. The van der Waals surface area contributed by atoms with Gasteiger partial charge in [0.25, 0.3) is 0 Å². The molecule has 0 amide bonds. The molecule has 0 radical (unpaired) electrons. The highest BCUT2D eigenvalue weighted by Gasteiger charge is 2.65. The van der Waals surface area contributed by atoms with E-state index in [2.05, 4.69) is 20.8 Å². The van der Waals surface area contributed by atoms with Crippen LogP contribution in [-0.4, -0.2) is 58.3 Å². The summed E-state index contributed by atoms with van der Waals surface area (Å²) >= 11 is 0. The Morgan fingerprint density at radius 2 is 1.58 bits per heavy atom. The molecule has 0 bridgehead atoms. The molecule has 0 aliphatic heterocycles. The Kier molecular flexibility index (Phi) is 9.10. The van der Waals surface area contributed by atoms with Crippen molar-refractivity contribution in [1.29, 1.82) is 0 Å². The molecule has 0 spiro atoms. The van der Waals surface area contributed by atoms with Gasteiger partial charge in [0, 0.05) is 20.3 Å². The monoisotopic (exact) mass is 508 g/mol. The first-order chi connectivity index (χ1) is 16.8. The number of carbonyl (C=O) groups excluding carboxylic acids is 3. The summed E-state index contributed by atoms with van der Waals surface area (Å²) in [6, 6.07) is 0. The van der Waals surface area contributed by atoms with Crippen LogP contribution in [0.15, 0.2) is 0 Å². The number of rotatable bonds is 5. The van der Waals surface area contributed by atoms with E-state index in [1.165, 1.54) is 21.0 Å². The molecule has 4 aliphatic carbocycles. The molecule has 7 nitrogen and oxygen atoms in total. The molecule has 0 aromatic heterocycles. The standard InChI is InChI=1S/C25H42O5.C4H6O2/c1-14(5-8-22(29)30-4)17-6-7-18-23-19(13-21(28)25(17,18)3)24(2)10-9-16(26)11-15(24)12-20(23)27;1-3(5)4(2)6/h14-21,23,26-28H,5-13H2,1-4H3;1-2H3/t14-,15+,16-,17-,18+,19+,20-,21+,23+,24+,25-;/m1./s1. The van der Waals surface area contributed by atoms with E-state index in [0.29, 0.717) is 36.0 Å². The third kappa shape index (κ3) is 5.30. The first-order valence-corrected chi connectivity index (χ1v) is 13.9. The maximum Gasteiger partial charge on any atom is 0.305 e. The SMILES string of the molecule is CC(=O)C(C)=O.COC(=O)CC[C@@H](C)[C@H]1CC[C@H]2[C@@H]3[C@H](O)C[C@@H]4C[C@H](O)CC[C@]4(C)[C@H]3C[C@H](O)[C@]12C. The lowest BCUT2D eigenvalue weighted by molar-refractivity contribution is -0.207. The van der Waals surface area contributed by atoms with E-state index in [0.717, 1.165) is 51.4 Å². The predicted octanol–water partition coefficient (Wildman–Crippen LogP) is 3.70. The number of hydrogen-bond donors (Lipinski definition) is 3. The van der Waals surface area contributed by atoms with Crippen LogP contribution in [0.5, 0.6) is 0 Å². The average molecular weight is 509 g/mol. The molecule has 4 saturated carbocycles. The Morgan fingerprint density at radius 1 is 0.944 bits per heavy atom. The van der Waals surface area contributed by atoms with Gasteiger partial charge in [-0.2, -0.15) is 0 Å². The first-order valence-electron chi connectivity index (χ1n) is 13.9. The lowest BCUT2D eigenvalue weighted by Crippen LogP contribution is -2.62. The molecule has 3 N–H and O–H groups in total. The van der Waals surface area contributed by atoms with Crippen molar-refractivity contribution in [3.8, 4) is 0 Å². The molecule has 0 aromatic carbocycles. The fourth-order valence-electron chi connectivity index (χ4n) is 8.78. The van der Waals surface area contributed by atoms with Gasteiger partial charge in [0.15, 0.2) is 11.6 Å². The Balaban J connectivity index is 0.000000538. The summed E-state index contributed by atoms with van der Waals surface area (Å²) in [5, 5.41) is 33.1. The van der Waals surface area contributed by atoms with E-state index < -0.39 is 0 Å². The van der Waals surface area contributed by atoms with Crippen LogP contribution in [0.25, 0.3) is 0 Å². The number of methoxy groups -OCH3 is 1. The number of Topliss-reactive ketones (excluding diaryl/α,β-unsaturated/α-hetero) is 2. The number of ether oxygens (including phenoxy) is 1. The molecular weight excluding hydrogens is 460 g/mol. The van der Waals surface area contributed by atoms with Crippen LogP contribution in [-0.2, 0) is 19.1 Å². The van der Waals surface area contributed by atoms with Crippen LogP contribution < -0.4 is 0 Å². The number of ketones is 2. The zero-order chi connectivity index (χ0) is 27.0. The van der Waals surface area contributed by atoms with Crippen LogP contribution in [0.2, 0.25) is 0 Å². The number of fused-ring (bicyclic) bond motifs is 5. The van der Waals surface area contributed by atoms with Gasteiger partial charge in [-0.05, 0) is 97.7 Å². The molecule has 4 fully saturated rings. The minimum absolute atomic E-state index is 0.111. The highest BCUT2D eigenvalue weighted by atomic mass is 16.5. The van der Waals surface area contributed by atoms with Crippen LogP contribution in [0.4, 0.5) is 0 Å². The summed E-state index contributed by atoms with van der Waals surface area (Å²) in [7, 11) is 1.44. The minimum Gasteiger partial charge on any atom is -0.469 e. The lowest BCUT2D eigenvalue weighted by Gasteiger charge is -2.63. The van der Waals surface area contributed by atoms with Crippen molar-refractivity contribution in [3.05, 3.63) is 0 Å². The second-order valence-electron chi connectivity index (χ2n) is 12.7. The van der Waals surface area contributed by atoms with E-state index in [1.807, 2.05) is 0 Å². The van der Waals surface area contributed by atoms with Crippen molar-refractivity contribution in [1.82, 2.24) is 0 Å². The van der Waals surface area contributed by atoms with Crippen molar-refractivity contribution in [3.63, 3.8) is 0 Å². The third-order valence-electron chi connectivity index (χ3n) is 11.0. The summed E-state index contributed by atoms with van der Waals surface area (Å²) in [6.07, 6.45) is 6.60. The Morgan fingerprint density at radius 3 is 2.17 bits per heavy atom. The van der Waals surface area contributed by atoms with Gasteiger partial charge in [0.05, 0.1) is 25.4 Å². The summed E-state index contributed by atoms with van der Waals surface area (Å²) in [5.41, 5.74) is -0.0882. The average Bonchev–Trinajstić information content (AvgIpc) is 3.18. The van der Waals surface area contributed by atoms with Crippen molar-refractivity contribution in [2.75, 3.05) is 7.11 Å². The highest BCUT2D eigenvalue weighted by Crippen LogP contribution is 2.68. The number of aliphatic hydroxyl groups excluding tert-OH is 3. The van der Waals surface area contributed by atoms with Crippen molar-refractivity contribution < 1.29 is 34.4 Å². The zero-order valence-corrected chi connectivity index (χ0v) is 23.0. The molecule has 0 unspecified atom stereocenters. The van der Waals surface area contributed by atoms with Gasteiger partial charge in [-0.1, -0.05) is 20.8 Å². The van der Waals surface area contributed by atoms with Gasteiger partial charge in [-0.3, -0.25) is 14.4 Å². The zero-order valence-electron chi connectivity index (χ0n) is 23.0. The molecule has 4 rings (SSSR count). The molecule has 7 heteroatoms. The molecule has 4 aliphatic rings. The van der Waals surface area contributed by atoms with Crippen molar-refractivity contribution in [2.45, 2.75) is 111 Å². The summed E-state index contributed by atoms with van der Waals surface area (Å²) < 4.78 is 4.83. The number of esters is 1. The molecule has 11 atom stereocenters. The fourth-order valence-corrected chi connectivity index (χ4v) is 8.78. The maximum atomic E-state index is 11.7. The van der Waals surface area contributed by atoms with Crippen LogP contribution in [0.1, 0.15) is 92.4 Å². The quantitative estimate of drug-likeness (QED) is 0.382. The van der Waals surface area contributed by atoms with Crippen LogP contribution in [0.3, 0.4) is 0 Å². The van der Waals surface area contributed by atoms with E-state index in [9.17, 15) is 29.7 Å². The van der Waals surface area contributed by atoms with Crippen molar-refractivity contribution >= 4 is 17.5 Å². The second-order valence-corrected chi connectivity index (χ2v) is 12.7. The highest BCUT2D eigenvalue weighted by molar-refractivity contribution is 6.35. The molecular formula is C29H48O7. The van der Waals surface area contributed by atoms with E-state index in [4.69, 9.17) is 4.74 Å². The van der Waals surface area contributed by atoms with Gasteiger partial charge in [-0.15, -0.1) is 0 Å². The molecule has 0 saturated heterocycles. The molecule has 0 aromatic rings. The maximum absolute atomic E-state index is 11.7. The third-order valence-corrected chi connectivity index (χ3v) is 11.0. The van der Waals surface area contributed by atoms with Crippen LogP contribution in [0, 0.1) is 46.3 Å². The van der Waals surface area contributed by atoms with Gasteiger partial charge in [0.1, 0.15) is 0 Å². The van der Waals surface area contributed by atoms with E-state index in [-0.39, 0.29) is 52.6 Å². The predicted molar refractivity (Wildman–Crippen MR) is 136 cm³/mol. The summed E-state index contributed by atoms with van der Waals surface area (Å²) in [4.78, 5) is 31.2. The van der Waals surface area contributed by atoms with Gasteiger partial charge in [0.2, 0.25) is 0 Å². The normalized spacial score (nSPS) is 44.1.